The predicted octanol–water partition coefficient (Wildman–Crippen LogP) is 4.82. The number of nitrogens with one attached hydrogen (secondary N) is 1. The molecule has 0 unspecified atom stereocenters. The zero-order valence-corrected chi connectivity index (χ0v) is 18.6. The second-order valence-electron chi connectivity index (χ2n) is 8.16. The highest BCUT2D eigenvalue weighted by molar-refractivity contribution is 7.90. The Morgan fingerprint density at radius 2 is 1.97 bits per heavy atom. The molecule has 29 heavy (non-hydrogen) atoms. The summed E-state index contributed by atoms with van der Waals surface area (Å²) in [6, 6.07) is 6.80. The first-order valence-electron chi connectivity index (χ1n) is 10.0. The number of nitrogens with zero attached hydrogens (tertiary/aromatic N) is 2. The highest BCUT2D eigenvalue weighted by Gasteiger charge is 2.28. The van der Waals surface area contributed by atoms with E-state index in [2.05, 4.69) is 10.4 Å². The molecule has 1 saturated carbocycles. The van der Waals surface area contributed by atoms with E-state index < -0.39 is 15.8 Å². The van der Waals surface area contributed by atoms with Crippen molar-refractivity contribution in [3.8, 4) is 0 Å². The molecule has 1 fully saturated rings. The SMILES string of the molecule is CC(C)n1ccc(NC(=O)[C@H](CC2CCCC2)c2ccc(S(C)(=O)=O)c(Cl)c2)n1. The van der Waals surface area contributed by atoms with Crippen LogP contribution < -0.4 is 5.32 Å². The first kappa shape index (κ1) is 21.8. The molecule has 1 aromatic carbocycles. The molecule has 6 nitrogen and oxygen atoms in total. The van der Waals surface area contributed by atoms with Crippen LogP contribution in [0.5, 0.6) is 0 Å². The van der Waals surface area contributed by atoms with Gasteiger partial charge in [0.1, 0.15) is 0 Å². The number of sulfone groups is 1. The predicted molar refractivity (Wildman–Crippen MR) is 115 cm³/mol. The van der Waals surface area contributed by atoms with Gasteiger partial charge in [0.15, 0.2) is 15.7 Å². The van der Waals surface area contributed by atoms with Crippen LogP contribution in [0.3, 0.4) is 0 Å². The standard InChI is InChI=1S/C21H28ClN3O3S/c1-14(2)25-11-10-20(24-25)23-21(26)17(12-15-6-4-5-7-15)16-8-9-19(18(22)13-16)29(3,27)28/h8-11,13-15,17H,4-7,12H2,1-3H3,(H,23,24,26)/t17-/m1/s1. The number of benzene rings is 1. The molecule has 8 heteroatoms. The summed E-state index contributed by atoms with van der Waals surface area (Å²) in [7, 11) is -3.42. The van der Waals surface area contributed by atoms with Gasteiger partial charge in [-0.25, -0.2) is 8.42 Å². The maximum atomic E-state index is 13.2. The summed E-state index contributed by atoms with van der Waals surface area (Å²) >= 11 is 6.25. The summed E-state index contributed by atoms with van der Waals surface area (Å²) in [6.45, 7) is 4.04. The van der Waals surface area contributed by atoms with Gasteiger partial charge >= 0.3 is 0 Å². The monoisotopic (exact) mass is 437 g/mol. The van der Waals surface area contributed by atoms with Crippen molar-refractivity contribution in [1.29, 1.82) is 0 Å². The van der Waals surface area contributed by atoms with Crippen molar-refractivity contribution in [2.45, 2.75) is 62.8 Å². The molecule has 158 valence electrons. The molecule has 1 aliphatic rings. The lowest BCUT2D eigenvalue weighted by molar-refractivity contribution is -0.118. The number of hydrogen-bond acceptors (Lipinski definition) is 4. The molecular formula is C21H28ClN3O3S. The average molecular weight is 438 g/mol. The van der Waals surface area contributed by atoms with Crippen molar-refractivity contribution in [1.82, 2.24) is 9.78 Å². The quantitative estimate of drug-likeness (QED) is 0.673. The highest BCUT2D eigenvalue weighted by Crippen LogP contribution is 2.36. The molecule has 1 aromatic heterocycles. The van der Waals surface area contributed by atoms with Gasteiger partial charge in [0, 0.05) is 24.6 Å². The Kier molecular flexibility index (Phi) is 6.69. The Hall–Kier alpha value is -1.86. The fourth-order valence-electron chi connectivity index (χ4n) is 3.91. The minimum Gasteiger partial charge on any atom is -0.309 e. The van der Waals surface area contributed by atoms with Crippen molar-refractivity contribution in [3.63, 3.8) is 0 Å². The minimum absolute atomic E-state index is 0.0821. The van der Waals surface area contributed by atoms with E-state index in [1.54, 1.807) is 22.9 Å². The Balaban J connectivity index is 1.87. The summed E-state index contributed by atoms with van der Waals surface area (Å²) in [5.41, 5.74) is 0.732. The Morgan fingerprint density at radius 3 is 2.52 bits per heavy atom. The molecule has 1 amide bonds. The molecule has 0 aliphatic heterocycles. The first-order valence-corrected chi connectivity index (χ1v) is 12.3. The molecule has 1 heterocycles. The average Bonchev–Trinajstić information content (AvgIpc) is 3.30. The number of halogens is 1. The van der Waals surface area contributed by atoms with E-state index in [4.69, 9.17) is 11.6 Å². The van der Waals surface area contributed by atoms with Crippen LogP contribution in [0.25, 0.3) is 0 Å². The van der Waals surface area contributed by atoms with Crippen LogP contribution >= 0.6 is 11.6 Å². The van der Waals surface area contributed by atoms with Crippen LogP contribution in [-0.4, -0.2) is 30.4 Å². The molecular weight excluding hydrogens is 410 g/mol. The van der Waals surface area contributed by atoms with Crippen LogP contribution in [0.1, 0.15) is 63.5 Å². The molecule has 2 aromatic rings. The van der Waals surface area contributed by atoms with Crippen molar-refractivity contribution in [2.24, 2.45) is 5.92 Å². The highest BCUT2D eigenvalue weighted by atomic mass is 35.5. The Morgan fingerprint density at radius 1 is 1.28 bits per heavy atom. The third-order valence-electron chi connectivity index (χ3n) is 5.51. The van der Waals surface area contributed by atoms with Gasteiger partial charge in [-0.1, -0.05) is 43.4 Å². The van der Waals surface area contributed by atoms with E-state index in [9.17, 15) is 13.2 Å². The van der Waals surface area contributed by atoms with Gasteiger partial charge in [-0.15, -0.1) is 0 Å². The van der Waals surface area contributed by atoms with E-state index in [1.165, 1.54) is 18.9 Å². The Bertz CT molecular complexity index is 979. The zero-order valence-electron chi connectivity index (χ0n) is 17.1. The second kappa shape index (κ2) is 8.88. The van der Waals surface area contributed by atoms with Crippen molar-refractivity contribution < 1.29 is 13.2 Å². The third kappa shape index (κ3) is 5.39. The van der Waals surface area contributed by atoms with Crippen LogP contribution in [-0.2, 0) is 14.6 Å². The number of carbonyl (C=O) groups is 1. The summed E-state index contributed by atoms with van der Waals surface area (Å²) in [5, 5.41) is 7.47. The van der Waals surface area contributed by atoms with Gasteiger partial charge in [-0.2, -0.15) is 5.10 Å². The van der Waals surface area contributed by atoms with Crippen molar-refractivity contribution in [2.75, 3.05) is 11.6 Å². The summed E-state index contributed by atoms with van der Waals surface area (Å²) in [5.74, 6) is 0.439. The van der Waals surface area contributed by atoms with Crippen LogP contribution in [0.2, 0.25) is 5.02 Å². The first-order chi connectivity index (χ1) is 13.6. The van der Waals surface area contributed by atoms with Crippen LogP contribution in [0.4, 0.5) is 5.82 Å². The van der Waals surface area contributed by atoms with Crippen molar-refractivity contribution in [3.05, 3.63) is 41.0 Å². The molecule has 1 N–H and O–H groups in total. The maximum absolute atomic E-state index is 13.2. The van der Waals surface area contributed by atoms with Crippen LogP contribution in [0, 0.1) is 5.92 Å². The fourth-order valence-corrected chi connectivity index (χ4v) is 5.25. The molecule has 0 spiro atoms. The van der Waals surface area contributed by atoms with Gasteiger partial charge in [0.05, 0.1) is 15.8 Å². The largest absolute Gasteiger partial charge is 0.309 e. The second-order valence-corrected chi connectivity index (χ2v) is 10.6. The zero-order chi connectivity index (χ0) is 21.2. The lowest BCUT2D eigenvalue weighted by Crippen LogP contribution is -2.23. The number of rotatable bonds is 7. The number of anilines is 1. The third-order valence-corrected chi connectivity index (χ3v) is 7.09. The lowest BCUT2D eigenvalue weighted by atomic mass is 9.87. The number of amides is 1. The van der Waals surface area contributed by atoms with E-state index in [0.29, 0.717) is 18.2 Å². The fraction of sp³-hybridized carbons (Fsp3) is 0.524. The smallest absolute Gasteiger partial charge is 0.233 e. The topological polar surface area (TPSA) is 81.1 Å². The summed E-state index contributed by atoms with van der Waals surface area (Å²) in [6.07, 6.45) is 8.27. The van der Waals surface area contributed by atoms with Gasteiger partial charge < -0.3 is 5.32 Å². The number of hydrogen-bond donors (Lipinski definition) is 1. The summed E-state index contributed by atoms with van der Waals surface area (Å²) in [4.78, 5) is 13.2. The molecule has 0 bridgehead atoms. The molecule has 0 radical (unpaired) electrons. The lowest BCUT2D eigenvalue weighted by Gasteiger charge is -2.21. The minimum atomic E-state index is -3.42. The van der Waals surface area contributed by atoms with E-state index in [-0.39, 0.29) is 21.9 Å². The van der Waals surface area contributed by atoms with Gasteiger partial charge in [0.25, 0.3) is 0 Å². The maximum Gasteiger partial charge on any atom is 0.233 e. The van der Waals surface area contributed by atoms with Crippen LogP contribution in [0.15, 0.2) is 35.4 Å². The molecule has 1 atom stereocenters. The van der Waals surface area contributed by atoms with E-state index in [0.717, 1.165) is 24.7 Å². The van der Waals surface area contributed by atoms with E-state index in [1.807, 2.05) is 20.0 Å². The summed E-state index contributed by atoms with van der Waals surface area (Å²) < 4.78 is 25.5. The van der Waals surface area contributed by atoms with Gasteiger partial charge in [-0.05, 0) is 43.9 Å². The van der Waals surface area contributed by atoms with Gasteiger partial charge in [-0.3, -0.25) is 9.48 Å². The molecule has 1 aliphatic carbocycles. The Labute approximate surface area is 177 Å². The van der Waals surface area contributed by atoms with E-state index >= 15 is 0 Å². The number of aromatic nitrogens is 2. The van der Waals surface area contributed by atoms with Gasteiger partial charge in [0.2, 0.25) is 5.91 Å². The normalized spacial score (nSPS) is 16.3. The van der Waals surface area contributed by atoms with Crippen molar-refractivity contribution >= 4 is 33.2 Å². The number of carbonyl (C=O) groups excluding carboxylic acids is 1. The molecule has 0 saturated heterocycles. The molecule has 3 rings (SSSR count).